The van der Waals surface area contributed by atoms with Gasteiger partial charge in [-0.3, -0.25) is 4.79 Å². The molecular weight excluding hydrogens is 290 g/mol. The number of benzene rings is 1. The Bertz CT molecular complexity index is 599. The van der Waals surface area contributed by atoms with E-state index in [-0.39, 0.29) is 5.91 Å². The van der Waals surface area contributed by atoms with Crippen LogP contribution >= 0.6 is 11.6 Å². The number of carbonyl (C=O) groups excluding carboxylic acids is 1. The fourth-order valence-corrected chi connectivity index (χ4v) is 2.14. The quantitative estimate of drug-likeness (QED) is 0.857. The maximum atomic E-state index is 12.0. The molecule has 1 unspecified atom stereocenters. The Labute approximate surface area is 128 Å². The Hall–Kier alpha value is -1.92. The zero-order chi connectivity index (χ0) is 15.2. The second kappa shape index (κ2) is 7.19. The molecule has 21 heavy (non-hydrogen) atoms. The number of amides is 1. The van der Waals surface area contributed by atoms with Gasteiger partial charge in [-0.05, 0) is 31.0 Å². The Kier molecular flexibility index (Phi) is 5.30. The molecule has 0 spiro atoms. The molecule has 3 N–H and O–H groups in total. The van der Waals surface area contributed by atoms with Crippen molar-refractivity contribution in [2.24, 2.45) is 11.7 Å². The average molecular weight is 308 g/mol. The van der Waals surface area contributed by atoms with Gasteiger partial charge >= 0.3 is 0 Å². The highest BCUT2D eigenvalue weighted by Gasteiger charge is 2.13. The van der Waals surface area contributed by atoms with Crippen molar-refractivity contribution in [1.29, 1.82) is 0 Å². The summed E-state index contributed by atoms with van der Waals surface area (Å²) in [7, 11) is 0. The summed E-state index contributed by atoms with van der Waals surface area (Å²) in [6.07, 6.45) is 4.12. The van der Waals surface area contributed by atoms with Gasteiger partial charge in [0.25, 0.3) is 0 Å². The highest BCUT2D eigenvalue weighted by atomic mass is 35.5. The Balaban J connectivity index is 2.14. The molecule has 1 aromatic heterocycles. The van der Waals surface area contributed by atoms with Crippen LogP contribution in [0.15, 0.2) is 30.9 Å². The first-order chi connectivity index (χ1) is 10.1. The molecule has 0 fully saturated rings. The van der Waals surface area contributed by atoms with Crippen LogP contribution in [0.3, 0.4) is 0 Å². The minimum atomic E-state index is -0.0704. The number of halogens is 1. The highest BCUT2D eigenvalue weighted by Crippen LogP contribution is 2.27. The summed E-state index contributed by atoms with van der Waals surface area (Å²) >= 11 is 6.20. The molecule has 0 radical (unpaired) electrons. The molecule has 112 valence electrons. The molecule has 1 atom stereocenters. The molecule has 7 heteroatoms. The number of carbonyl (C=O) groups is 1. The largest absolute Gasteiger partial charge is 0.330 e. The van der Waals surface area contributed by atoms with Gasteiger partial charge in [-0.25, -0.2) is 9.67 Å². The van der Waals surface area contributed by atoms with Gasteiger partial charge in [0.15, 0.2) is 0 Å². The third kappa shape index (κ3) is 4.03. The molecule has 0 bridgehead atoms. The average Bonchev–Trinajstić information content (AvgIpc) is 2.98. The van der Waals surface area contributed by atoms with E-state index in [2.05, 4.69) is 15.4 Å². The van der Waals surface area contributed by atoms with Gasteiger partial charge in [0.1, 0.15) is 18.3 Å². The number of hydrogen-bond acceptors (Lipinski definition) is 4. The SMILES string of the molecule is CC(CN)CCC(=O)Nc1cccc(Cl)c1-n1cncn1. The van der Waals surface area contributed by atoms with Gasteiger partial charge in [-0.2, -0.15) is 5.10 Å². The maximum Gasteiger partial charge on any atom is 0.224 e. The predicted octanol–water partition coefficient (Wildman–Crippen LogP) is 2.23. The van der Waals surface area contributed by atoms with Crippen LogP contribution < -0.4 is 11.1 Å². The van der Waals surface area contributed by atoms with Crippen LogP contribution in [0.5, 0.6) is 0 Å². The van der Waals surface area contributed by atoms with Gasteiger partial charge in [-0.15, -0.1) is 0 Å². The Morgan fingerprint density at radius 3 is 3.00 bits per heavy atom. The van der Waals surface area contributed by atoms with Crippen molar-refractivity contribution in [2.45, 2.75) is 19.8 Å². The zero-order valence-electron chi connectivity index (χ0n) is 11.8. The van der Waals surface area contributed by atoms with Crippen molar-refractivity contribution in [2.75, 3.05) is 11.9 Å². The molecule has 6 nitrogen and oxygen atoms in total. The second-order valence-electron chi connectivity index (χ2n) is 4.90. The van der Waals surface area contributed by atoms with Crippen molar-refractivity contribution >= 4 is 23.2 Å². The van der Waals surface area contributed by atoms with E-state index in [1.54, 1.807) is 18.2 Å². The molecule has 1 amide bonds. The fourth-order valence-electron chi connectivity index (χ4n) is 1.88. The van der Waals surface area contributed by atoms with Crippen LogP contribution in [0, 0.1) is 5.92 Å². The first-order valence-corrected chi connectivity index (χ1v) is 7.13. The van der Waals surface area contributed by atoms with Crippen molar-refractivity contribution < 1.29 is 4.79 Å². The molecule has 1 heterocycles. The van der Waals surface area contributed by atoms with Gasteiger partial charge in [0, 0.05) is 6.42 Å². The van der Waals surface area contributed by atoms with E-state index < -0.39 is 0 Å². The minimum Gasteiger partial charge on any atom is -0.330 e. The molecule has 2 rings (SSSR count). The molecule has 0 saturated carbocycles. The summed E-state index contributed by atoms with van der Waals surface area (Å²) < 4.78 is 1.53. The van der Waals surface area contributed by atoms with Crippen molar-refractivity contribution in [1.82, 2.24) is 14.8 Å². The number of rotatable bonds is 6. The number of nitrogens with zero attached hydrogens (tertiary/aromatic N) is 3. The lowest BCUT2D eigenvalue weighted by molar-refractivity contribution is -0.116. The predicted molar refractivity (Wildman–Crippen MR) is 82.5 cm³/mol. The lowest BCUT2D eigenvalue weighted by Crippen LogP contribution is -2.17. The summed E-state index contributed by atoms with van der Waals surface area (Å²) in [5.74, 6) is 0.254. The first kappa shape index (κ1) is 15.5. The zero-order valence-corrected chi connectivity index (χ0v) is 12.5. The van der Waals surface area contributed by atoms with Crippen LogP contribution in [-0.2, 0) is 4.79 Å². The molecule has 0 aliphatic rings. The molecule has 2 aromatic rings. The van der Waals surface area contributed by atoms with Gasteiger partial charge in [-0.1, -0.05) is 24.6 Å². The molecule has 0 saturated heterocycles. The van der Waals surface area contributed by atoms with E-state index in [1.165, 1.54) is 17.3 Å². The Morgan fingerprint density at radius 2 is 2.33 bits per heavy atom. The van der Waals surface area contributed by atoms with Crippen LogP contribution in [-0.4, -0.2) is 27.2 Å². The number of nitrogens with one attached hydrogen (secondary N) is 1. The lowest BCUT2D eigenvalue weighted by atomic mass is 10.1. The summed E-state index contributed by atoms with van der Waals surface area (Å²) in [5, 5.41) is 7.42. The normalized spacial score (nSPS) is 12.1. The number of para-hydroxylation sites is 1. The van der Waals surface area contributed by atoms with Crippen molar-refractivity contribution in [3.63, 3.8) is 0 Å². The van der Waals surface area contributed by atoms with Crippen LogP contribution in [0.2, 0.25) is 5.02 Å². The molecule has 1 aromatic carbocycles. The summed E-state index contributed by atoms with van der Waals surface area (Å²) in [4.78, 5) is 15.9. The van der Waals surface area contributed by atoms with Crippen molar-refractivity contribution in [3.05, 3.63) is 35.9 Å². The van der Waals surface area contributed by atoms with Gasteiger partial charge < -0.3 is 11.1 Å². The van der Waals surface area contributed by atoms with Crippen LogP contribution in [0.25, 0.3) is 5.69 Å². The third-order valence-electron chi connectivity index (χ3n) is 3.18. The summed E-state index contributed by atoms with van der Waals surface area (Å²) in [6, 6.07) is 5.30. The lowest BCUT2D eigenvalue weighted by Gasteiger charge is -2.13. The number of nitrogens with two attached hydrogens (primary N) is 1. The van der Waals surface area contributed by atoms with Crippen molar-refractivity contribution in [3.8, 4) is 5.69 Å². The van der Waals surface area contributed by atoms with Gasteiger partial charge in [0.05, 0.1) is 10.7 Å². The minimum absolute atomic E-state index is 0.0704. The van der Waals surface area contributed by atoms with E-state index in [0.29, 0.717) is 35.3 Å². The van der Waals surface area contributed by atoms with E-state index in [9.17, 15) is 4.79 Å². The molecule has 0 aliphatic heterocycles. The molecule has 0 aliphatic carbocycles. The topological polar surface area (TPSA) is 85.8 Å². The van der Waals surface area contributed by atoms with Crippen LogP contribution in [0.4, 0.5) is 5.69 Å². The second-order valence-corrected chi connectivity index (χ2v) is 5.31. The molecular formula is C14H18ClN5O. The monoisotopic (exact) mass is 307 g/mol. The number of anilines is 1. The smallest absolute Gasteiger partial charge is 0.224 e. The summed E-state index contributed by atoms with van der Waals surface area (Å²) in [6.45, 7) is 2.60. The van der Waals surface area contributed by atoms with E-state index >= 15 is 0 Å². The van der Waals surface area contributed by atoms with Gasteiger partial charge in [0.2, 0.25) is 5.91 Å². The number of aromatic nitrogens is 3. The first-order valence-electron chi connectivity index (χ1n) is 6.75. The van der Waals surface area contributed by atoms with E-state index in [0.717, 1.165) is 6.42 Å². The fraction of sp³-hybridized carbons (Fsp3) is 0.357. The van der Waals surface area contributed by atoms with Crippen LogP contribution in [0.1, 0.15) is 19.8 Å². The summed E-state index contributed by atoms with van der Waals surface area (Å²) in [5.41, 5.74) is 6.77. The maximum absolute atomic E-state index is 12.0. The third-order valence-corrected chi connectivity index (χ3v) is 3.48. The highest BCUT2D eigenvalue weighted by molar-refractivity contribution is 6.33. The Morgan fingerprint density at radius 1 is 1.52 bits per heavy atom. The van der Waals surface area contributed by atoms with E-state index in [4.69, 9.17) is 17.3 Å². The number of hydrogen-bond donors (Lipinski definition) is 2. The van der Waals surface area contributed by atoms with E-state index in [1.807, 2.05) is 6.92 Å². The standard InChI is InChI=1S/C14H18ClN5O/c1-10(7-16)5-6-13(21)19-12-4-2-3-11(15)14(12)20-9-17-8-18-20/h2-4,8-10H,5-7,16H2,1H3,(H,19,21).